The average Bonchev–Trinajstić information content (AvgIpc) is 3.03. The molecule has 2 amide bonds. The smallest absolute Gasteiger partial charge is 0.242 e. The van der Waals surface area contributed by atoms with Crippen LogP contribution in [0.15, 0.2) is 18.3 Å². The highest BCUT2D eigenvalue weighted by atomic mass is 16.2. The van der Waals surface area contributed by atoms with E-state index in [9.17, 15) is 9.59 Å². The minimum Gasteiger partial charge on any atom is -0.353 e. The fourth-order valence-electron chi connectivity index (χ4n) is 3.50. The van der Waals surface area contributed by atoms with Crippen LogP contribution >= 0.6 is 0 Å². The molecular formula is C23H41N3O2. The van der Waals surface area contributed by atoms with Gasteiger partial charge < -0.3 is 14.4 Å². The summed E-state index contributed by atoms with van der Waals surface area (Å²) < 4.78 is 2.05. The summed E-state index contributed by atoms with van der Waals surface area (Å²) in [5.74, 6) is 0.548. The molecule has 1 rings (SSSR count). The zero-order valence-electron chi connectivity index (χ0n) is 19.1. The highest BCUT2D eigenvalue weighted by molar-refractivity contribution is 5.86. The van der Waals surface area contributed by atoms with Crippen molar-refractivity contribution in [2.24, 2.45) is 18.9 Å². The molecule has 5 heteroatoms. The summed E-state index contributed by atoms with van der Waals surface area (Å²) in [7, 11) is 2.00. The van der Waals surface area contributed by atoms with Gasteiger partial charge in [0.05, 0.1) is 13.1 Å². The second kappa shape index (κ2) is 11.9. The highest BCUT2D eigenvalue weighted by Crippen LogP contribution is 2.18. The molecule has 0 aromatic carbocycles. The zero-order chi connectivity index (χ0) is 21.3. The Labute approximate surface area is 172 Å². The molecule has 0 aliphatic heterocycles. The Balaban J connectivity index is 2.93. The Kier molecular flexibility index (Phi) is 10.3. The molecule has 0 fully saturated rings. The van der Waals surface area contributed by atoms with Gasteiger partial charge in [-0.25, -0.2) is 0 Å². The third-order valence-corrected chi connectivity index (χ3v) is 5.30. The maximum Gasteiger partial charge on any atom is 0.242 e. The van der Waals surface area contributed by atoms with Crippen LogP contribution in [0.2, 0.25) is 0 Å². The minimum atomic E-state index is 0.0153. The lowest BCUT2D eigenvalue weighted by molar-refractivity contribution is -0.145. The summed E-state index contributed by atoms with van der Waals surface area (Å²) in [6.07, 6.45) is 5.87. The number of carbonyl (C=O) groups is 2. The molecule has 0 bridgehead atoms. The maximum absolute atomic E-state index is 13.2. The Hall–Kier alpha value is -1.78. The minimum absolute atomic E-state index is 0.0153. The van der Waals surface area contributed by atoms with Crippen LogP contribution in [-0.2, 0) is 23.2 Å². The van der Waals surface area contributed by atoms with E-state index in [0.717, 1.165) is 31.4 Å². The first kappa shape index (κ1) is 24.3. The van der Waals surface area contributed by atoms with Gasteiger partial charge in [-0.15, -0.1) is 0 Å². The molecule has 0 radical (unpaired) electrons. The van der Waals surface area contributed by atoms with Crippen molar-refractivity contribution in [2.75, 3.05) is 13.1 Å². The van der Waals surface area contributed by atoms with Gasteiger partial charge in [0, 0.05) is 37.4 Å². The van der Waals surface area contributed by atoms with Crippen molar-refractivity contribution in [3.63, 3.8) is 0 Å². The van der Waals surface area contributed by atoms with E-state index in [1.54, 1.807) is 4.90 Å². The van der Waals surface area contributed by atoms with Crippen molar-refractivity contribution in [2.45, 2.75) is 79.8 Å². The van der Waals surface area contributed by atoms with E-state index in [4.69, 9.17) is 0 Å². The van der Waals surface area contributed by atoms with Gasteiger partial charge in [-0.1, -0.05) is 40.5 Å². The van der Waals surface area contributed by atoms with Crippen molar-refractivity contribution in [3.05, 3.63) is 24.0 Å². The fourth-order valence-corrected chi connectivity index (χ4v) is 3.50. The lowest BCUT2D eigenvalue weighted by atomic mass is 9.97. The fraction of sp³-hybridized carbons (Fsp3) is 0.739. The van der Waals surface area contributed by atoms with Gasteiger partial charge in [0.15, 0.2) is 0 Å². The number of aryl methyl sites for hydroxylation is 1. The maximum atomic E-state index is 13.2. The first-order valence-electron chi connectivity index (χ1n) is 10.9. The lowest BCUT2D eigenvalue weighted by Gasteiger charge is -2.33. The van der Waals surface area contributed by atoms with Gasteiger partial charge in [0.25, 0.3) is 0 Å². The van der Waals surface area contributed by atoms with Crippen molar-refractivity contribution >= 4 is 11.8 Å². The number of nitrogens with zero attached hydrogens (tertiary/aromatic N) is 3. The van der Waals surface area contributed by atoms with E-state index in [2.05, 4.69) is 27.7 Å². The van der Waals surface area contributed by atoms with Gasteiger partial charge in [0.1, 0.15) is 0 Å². The van der Waals surface area contributed by atoms with Crippen molar-refractivity contribution in [1.82, 2.24) is 14.4 Å². The number of carbonyl (C=O) groups excluding carboxylic acids is 2. The molecule has 1 atom stereocenters. The largest absolute Gasteiger partial charge is 0.353 e. The van der Waals surface area contributed by atoms with E-state index in [1.807, 2.05) is 48.7 Å². The second-order valence-electron chi connectivity index (χ2n) is 8.59. The van der Waals surface area contributed by atoms with E-state index in [1.165, 1.54) is 0 Å². The third-order valence-electron chi connectivity index (χ3n) is 5.30. The summed E-state index contributed by atoms with van der Waals surface area (Å²) in [5.41, 5.74) is 1.10. The van der Waals surface area contributed by atoms with Crippen LogP contribution < -0.4 is 0 Å². The Bertz CT molecular complexity index is 607. The topological polar surface area (TPSA) is 45.6 Å². The van der Waals surface area contributed by atoms with Crippen LogP contribution in [0.1, 0.15) is 72.9 Å². The summed E-state index contributed by atoms with van der Waals surface area (Å²) >= 11 is 0. The average molecular weight is 392 g/mol. The number of hydrogen-bond acceptors (Lipinski definition) is 2. The number of amides is 2. The number of rotatable bonds is 12. The molecule has 0 aliphatic carbocycles. The van der Waals surface area contributed by atoms with Gasteiger partial charge in [-0.05, 0) is 44.7 Å². The van der Waals surface area contributed by atoms with Gasteiger partial charge >= 0.3 is 0 Å². The Morgan fingerprint density at radius 1 is 1.14 bits per heavy atom. The molecule has 0 N–H and O–H groups in total. The van der Waals surface area contributed by atoms with Crippen LogP contribution in [-0.4, -0.2) is 45.3 Å². The van der Waals surface area contributed by atoms with E-state index in [0.29, 0.717) is 19.0 Å². The first-order valence-corrected chi connectivity index (χ1v) is 10.9. The van der Waals surface area contributed by atoms with Gasteiger partial charge in [0.2, 0.25) is 11.8 Å². The summed E-state index contributed by atoms with van der Waals surface area (Å²) in [6.45, 7) is 13.9. The first-order chi connectivity index (χ1) is 13.2. The molecule has 0 spiro atoms. The normalized spacial score (nSPS) is 12.5. The molecule has 0 saturated heterocycles. The molecule has 160 valence electrons. The molecule has 0 aliphatic rings. The summed E-state index contributed by atoms with van der Waals surface area (Å²) in [6, 6.07) is 4.06. The summed E-state index contributed by atoms with van der Waals surface area (Å²) in [4.78, 5) is 30.0. The molecule has 0 saturated carbocycles. The SMILES string of the molecule is CCCC[C@H](CC)C(=O)N(CC(=O)N(Cc1cccn1C)CC(C)C)C(C)C. The predicted octanol–water partition coefficient (Wildman–Crippen LogP) is 4.46. The molecule has 0 unspecified atom stereocenters. The molecular weight excluding hydrogens is 350 g/mol. The number of hydrogen-bond donors (Lipinski definition) is 0. The van der Waals surface area contributed by atoms with Crippen molar-refractivity contribution in [3.8, 4) is 0 Å². The molecule has 1 heterocycles. The van der Waals surface area contributed by atoms with Crippen LogP contribution in [0, 0.1) is 11.8 Å². The highest BCUT2D eigenvalue weighted by Gasteiger charge is 2.28. The third kappa shape index (κ3) is 7.33. The van der Waals surface area contributed by atoms with E-state index in [-0.39, 0.29) is 30.3 Å². The standard InChI is InChI=1S/C23H41N3O2/c1-8-10-12-20(9-2)23(28)26(19(5)6)17-22(27)25(15-18(3)4)16-21-13-11-14-24(21)7/h11,13-14,18-20H,8-10,12,15-17H2,1-7H3/t20-/m0/s1. The van der Waals surface area contributed by atoms with Crippen LogP contribution in [0.4, 0.5) is 0 Å². The van der Waals surface area contributed by atoms with Crippen molar-refractivity contribution < 1.29 is 9.59 Å². The molecule has 5 nitrogen and oxygen atoms in total. The second-order valence-corrected chi connectivity index (χ2v) is 8.59. The lowest BCUT2D eigenvalue weighted by Crippen LogP contribution is -2.48. The molecule has 28 heavy (non-hydrogen) atoms. The Morgan fingerprint density at radius 2 is 1.82 bits per heavy atom. The zero-order valence-corrected chi connectivity index (χ0v) is 19.1. The van der Waals surface area contributed by atoms with E-state index < -0.39 is 0 Å². The van der Waals surface area contributed by atoms with Gasteiger partial charge in [-0.2, -0.15) is 0 Å². The van der Waals surface area contributed by atoms with E-state index >= 15 is 0 Å². The number of aromatic nitrogens is 1. The monoisotopic (exact) mass is 391 g/mol. The van der Waals surface area contributed by atoms with Gasteiger partial charge in [-0.3, -0.25) is 9.59 Å². The van der Waals surface area contributed by atoms with Crippen molar-refractivity contribution in [1.29, 1.82) is 0 Å². The Morgan fingerprint density at radius 3 is 2.29 bits per heavy atom. The molecule has 1 aromatic heterocycles. The quantitative estimate of drug-likeness (QED) is 0.528. The van der Waals surface area contributed by atoms with Crippen LogP contribution in [0.3, 0.4) is 0 Å². The predicted molar refractivity (Wildman–Crippen MR) is 116 cm³/mol. The van der Waals surface area contributed by atoms with Crippen LogP contribution in [0.25, 0.3) is 0 Å². The molecule has 1 aromatic rings. The summed E-state index contributed by atoms with van der Waals surface area (Å²) in [5, 5.41) is 0. The number of unbranched alkanes of at least 4 members (excludes halogenated alkanes) is 1. The van der Waals surface area contributed by atoms with Crippen LogP contribution in [0.5, 0.6) is 0 Å².